The molecule has 5 heteroatoms. The largest absolute Gasteiger partial charge is 0.486 e. The van der Waals surface area contributed by atoms with Gasteiger partial charge in [0.05, 0.1) is 11.2 Å². The maximum Gasteiger partial charge on any atom is 0.139 e. The number of hydrogen-bond acceptors (Lipinski definition) is 4. The molecule has 2 rings (SSSR count). The van der Waals surface area contributed by atoms with Crippen LogP contribution in [0.2, 0.25) is 5.02 Å². The average molecular weight is 283 g/mol. The lowest BCUT2D eigenvalue weighted by molar-refractivity contribution is 0.308. The Labute approximate surface area is 116 Å². The van der Waals surface area contributed by atoms with Crippen LogP contribution < -0.4 is 10.1 Å². The topological polar surface area (TPSA) is 34.1 Å². The summed E-state index contributed by atoms with van der Waals surface area (Å²) < 4.78 is 5.63. The van der Waals surface area contributed by atoms with E-state index in [9.17, 15) is 0 Å². The van der Waals surface area contributed by atoms with E-state index in [-0.39, 0.29) is 0 Å². The summed E-state index contributed by atoms with van der Waals surface area (Å²) in [6.07, 6.45) is 3.26. The van der Waals surface area contributed by atoms with E-state index >= 15 is 0 Å². The van der Waals surface area contributed by atoms with E-state index < -0.39 is 0 Å². The van der Waals surface area contributed by atoms with E-state index in [0.29, 0.717) is 17.4 Å². The fourth-order valence-corrected chi connectivity index (χ4v) is 2.53. The van der Waals surface area contributed by atoms with Gasteiger partial charge in [0.25, 0.3) is 0 Å². The van der Waals surface area contributed by atoms with Crippen molar-refractivity contribution in [3.05, 3.63) is 45.4 Å². The predicted molar refractivity (Wildman–Crippen MR) is 75.3 cm³/mol. The van der Waals surface area contributed by atoms with E-state index in [1.54, 1.807) is 29.8 Å². The number of nitrogens with one attached hydrogen (secondary N) is 1. The molecule has 96 valence electrons. The number of aromatic nitrogens is 1. The summed E-state index contributed by atoms with van der Waals surface area (Å²) in [5.41, 5.74) is 0. The Balaban J connectivity index is 1.88. The molecule has 0 saturated heterocycles. The monoisotopic (exact) mass is 282 g/mol. The maximum absolute atomic E-state index is 5.84. The highest BCUT2D eigenvalue weighted by Gasteiger charge is 2.02. The molecule has 18 heavy (non-hydrogen) atoms. The van der Waals surface area contributed by atoms with Gasteiger partial charge in [-0.05, 0) is 18.7 Å². The first-order chi connectivity index (χ1) is 8.78. The Morgan fingerprint density at radius 2 is 2.17 bits per heavy atom. The van der Waals surface area contributed by atoms with Crippen LogP contribution in [0.3, 0.4) is 0 Å². The smallest absolute Gasteiger partial charge is 0.139 e. The zero-order valence-corrected chi connectivity index (χ0v) is 11.7. The minimum atomic E-state index is 0.554. The number of thiophene rings is 1. The highest BCUT2D eigenvalue weighted by molar-refractivity contribution is 7.11. The minimum Gasteiger partial charge on any atom is -0.486 e. The fourth-order valence-electron chi connectivity index (χ4n) is 1.47. The van der Waals surface area contributed by atoms with Gasteiger partial charge >= 0.3 is 0 Å². The van der Waals surface area contributed by atoms with Gasteiger partial charge in [0.2, 0.25) is 0 Å². The molecule has 0 unspecified atom stereocenters. The standard InChI is InChI=1S/C13H15ClN2OS/c1-2-15-8-12-3-4-13(18-12)9-17-11-5-10(14)6-16-7-11/h3-7,15H,2,8-9H2,1H3. The molecule has 0 aliphatic carbocycles. The van der Waals surface area contributed by atoms with Crippen LogP contribution in [0.15, 0.2) is 30.6 Å². The number of hydrogen-bond donors (Lipinski definition) is 1. The van der Waals surface area contributed by atoms with Crippen molar-refractivity contribution in [2.75, 3.05) is 6.54 Å². The summed E-state index contributed by atoms with van der Waals surface area (Å²) in [6, 6.07) is 5.99. The molecule has 2 aromatic rings. The Morgan fingerprint density at radius 1 is 1.33 bits per heavy atom. The first kappa shape index (κ1) is 13.3. The summed E-state index contributed by atoms with van der Waals surface area (Å²) in [5.74, 6) is 0.698. The molecule has 0 amide bonds. The molecular weight excluding hydrogens is 268 g/mol. The summed E-state index contributed by atoms with van der Waals surface area (Å²) in [6.45, 7) is 4.56. The third kappa shape index (κ3) is 3.98. The van der Waals surface area contributed by atoms with Crippen LogP contribution in [0, 0.1) is 0 Å². The van der Waals surface area contributed by atoms with E-state index in [1.807, 2.05) is 0 Å². The van der Waals surface area contributed by atoms with Crippen LogP contribution in [0.1, 0.15) is 16.7 Å². The molecule has 0 aliphatic heterocycles. The van der Waals surface area contributed by atoms with Crippen molar-refractivity contribution in [1.82, 2.24) is 10.3 Å². The Bertz CT molecular complexity index is 501. The van der Waals surface area contributed by atoms with Crippen LogP contribution in [0.25, 0.3) is 0 Å². The molecular formula is C13H15ClN2OS. The third-order valence-corrected chi connectivity index (χ3v) is 3.59. The summed E-state index contributed by atoms with van der Waals surface area (Å²) in [5, 5.41) is 3.89. The van der Waals surface area contributed by atoms with Crippen LogP contribution in [-0.2, 0) is 13.2 Å². The lowest BCUT2D eigenvalue weighted by atomic mass is 10.4. The van der Waals surface area contributed by atoms with Crippen LogP contribution in [0.4, 0.5) is 0 Å². The third-order valence-electron chi connectivity index (χ3n) is 2.33. The van der Waals surface area contributed by atoms with Gasteiger partial charge in [-0.3, -0.25) is 4.98 Å². The van der Waals surface area contributed by atoms with Gasteiger partial charge in [0.1, 0.15) is 12.4 Å². The fraction of sp³-hybridized carbons (Fsp3) is 0.308. The van der Waals surface area contributed by atoms with Crippen molar-refractivity contribution in [3.8, 4) is 5.75 Å². The molecule has 0 radical (unpaired) electrons. The molecule has 2 heterocycles. The molecule has 0 fully saturated rings. The van der Waals surface area contributed by atoms with Gasteiger partial charge in [-0.1, -0.05) is 18.5 Å². The molecule has 0 bridgehead atoms. The minimum absolute atomic E-state index is 0.554. The molecule has 0 spiro atoms. The second-order valence-electron chi connectivity index (χ2n) is 3.78. The van der Waals surface area contributed by atoms with Crippen LogP contribution in [0.5, 0.6) is 5.75 Å². The van der Waals surface area contributed by atoms with Crippen molar-refractivity contribution in [2.24, 2.45) is 0 Å². The van der Waals surface area contributed by atoms with Gasteiger partial charge in [0, 0.05) is 28.6 Å². The zero-order valence-electron chi connectivity index (χ0n) is 10.1. The van der Waals surface area contributed by atoms with Crippen molar-refractivity contribution < 1.29 is 4.74 Å². The summed E-state index contributed by atoms with van der Waals surface area (Å²) >= 11 is 7.60. The first-order valence-corrected chi connectivity index (χ1v) is 6.99. The Morgan fingerprint density at radius 3 is 2.94 bits per heavy atom. The second-order valence-corrected chi connectivity index (χ2v) is 5.47. The molecule has 0 saturated carbocycles. The van der Waals surface area contributed by atoms with Gasteiger partial charge in [-0.2, -0.15) is 0 Å². The number of ether oxygens (including phenoxy) is 1. The number of halogens is 1. The number of pyridine rings is 1. The molecule has 2 aromatic heterocycles. The van der Waals surface area contributed by atoms with E-state index in [2.05, 4.69) is 29.4 Å². The van der Waals surface area contributed by atoms with E-state index in [1.165, 1.54) is 9.75 Å². The van der Waals surface area contributed by atoms with Crippen molar-refractivity contribution in [1.29, 1.82) is 0 Å². The SMILES string of the molecule is CCNCc1ccc(COc2cncc(Cl)c2)s1. The zero-order chi connectivity index (χ0) is 12.8. The summed E-state index contributed by atoms with van der Waals surface area (Å²) in [4.78, 5) is 6.49. The predicted octanol–water partition coefficient (Wildman–Crippen LogP) is 3.49. The first-order valence-electron chi connectivity index (χ1n) is 5.79. The lowest BCUT2D eigenvalue weighted by Crippen LogP contribution is -2.10. The van der Waals surface area contributed by atoms with Gasteiger partial charge in [0.15, 0.2) is 0 Å². The van der Waals surface area contributed by atoms with Gasteiger partial charge in [-0.25, -0.2) is 0 Å². The Hall–Kier alpha value is -1.10. The molecule has 0 aliphatic rings. The Kier molecular flexibility index (Phi) is 4.99. The average Bonchev–Trinajstić information content (AvgIpc) is 2.82. The quantitative estimate of drug-likeness (QED) is 0.881. The van der Waals surface area contributed by atoms with E-state index in [0.717, 1.165) is 13.1 Å². The molecule has 1 N–H and O–H groups in total. The van der Waals surface area contributed by atoms with Crippen molar-refractivity contribution in [2.45, 2.75) is 20.1 Å². The summed E-state index contributed by atoms with van der Waals surface area (Å²) in [7, 11) is 0. The van der Waals surface area contributed by atoms with Crippen LogP contribution in [-0.4, -0.2) is 11.5 Å². The lowest BCUT2D eigenvalue weighted by Gasteiger charge is -2.03. The van der Waals surface area contributed by atoms with Gasteiger partial charge < -0.3 is 10.1 Å². The molecule has 3 nitrogen and oxygen atoms in total. The van der Waals surface area contributed by atoms with Crippen molar-refractivity contribution >= 4 is 22.9 Å². The molecule has 0 aromatic carbocycles. The highest BCUT2D eigenvalue weighted by Crippen LogP contribution is 2.20. The maximum atomic E-state index is 5.84. The van der Waals surface area contributed by atoms with Crippen LogP contribution >= 0.6 is 22.9 Å². The number of nitrogens with zero attached hydrogens (tertiary/aromatic N) is 1. The van der Waals surface area contributed by atoms with Crippen molar-refractivity contribution in [3.63, 3.8) is 0 Å². The number of rotatable bonds is 6. The van der Waals surface area contributed by atoms with E-state index in [4.69, 9.17) is 16.3 Å². The molecule has 0 atom stereocenters. The normalized spacial score (nSPS) is 10.6. The van der Waals surface area contributed by atoms with Gasteiger partial charge in [-0.15, -0.1) is 11.3 Å². The highest BCUT2D eigenvalue weighted by atomic mass is 35.5. The second kappa shape index (κ2) is 6.73.